The molecule has 0 radical (unpaired) electrons. The summed E-state index contributed by atoms with van der Waals surface area (Å²) in [6.45, 7) is 6.74. The lowest BCUT2D eigenvalue weighted by molar-refractivity contribution is 0.0956. The number of fused-ring (bicyclic) bond motifs is 1. The molecule has 7 rings (SSSR count). The van der Waals surface area contributed by atoms with Crippen LogP contribution in [0.1, 0.15) is 40.0 Å². The summed E-state index contributed by atoms with van der Waals surface area (Å²) in [4.78, 5) is 38.2. The maximum absolute atomic E-state index is 13.8. The van der Waals surface area contributed by atoms with Gasteiger partial charge in [-0.05, 0) is 92.5 Å². The molecule has 4 heterocycles. The predicted octanol–water partition coefficient (Wildman–Crippen LogP) is 4.92. The van der Waals surface area contributed by atoms with E-state index in [1.807, 2.05) is 30.3 Å². The minimum absolute atomic E-state index is 0.0125. The van der Waals surface area contributed by atoms with Gasteiger partial charge in [0.05, 0.1) is 19.8 Å². The van der Waals surface area contributed by atoms with Crippen LogP contribution in [0.2, 0.25) is 0 Å². The predicted molar refractivity (Wildman–Crippen MR) is 200 cm³/mol. The van der Waals surface area contributed by atoms with Crippen LogP contribution in [0.15, 0.2) is 71.7 Å². The molecule has 2 aromatic heterocycles. The first-order chi connectivity index (χ1) is 25.7. The minimum atomic E-state index is -1.00. The molecule has 0 bridgehead atoms. The van der Waals surface area contributed by atoms with Crippen LogP contribution in [0.3, 0.4) is 0 Å². The van der Waals surface area contributed by atoms with E-state index in [9.17, 15) is 18.4 Å². The van der Waals surface area contributed by atoms with Crippen molar-refractivity contribution in [1.29, 1.82) is 0 Å². The molecule has 12 nitrogen and oxygen atoms in total. The Labute approximate surface area is 305 Å². The number of carbonyl (C=O) groups excluding carboxylic acids is 1. The zero-order valence-electron chi connectivity index (χ0n) is 29.7. The van der Waals surface area contributed by atoms with E-state index in [0.29, 0.717) is 28.5 Å². The third-order valence-electron chi connectivity index (χ3n) is 9.64. The molecule has 276 valence electrons. The van der Waals surface area contributed by atoms with Crippen LogP contribution in [-0.4, -0.2) is 77.3 Å². The maximum Gasteiger partial charge on any atom is 0.280 e. The highest BCUT2D eigenvalue weighted by Crippen LogP contribution is 2.30. The Balaban J connectivity index is 1.06. The van der Waals surface area contributed by atoms with Gasteiger partial charge in [0, 0.05) is 55.3 Å². The van der Waals surface area contributed by atoms with E-state index < -0.39 is 23.1 Å². The van der Waals surface area contributed by atoms with Crippen molar-refractivity contribution in [3.63, 3.8) is 0 Å². The number of anilines is 3. The van der Waals surface area contributed by atoms with Crippen LogP contribution in [0.25, 0.3) is 17.0 Å². The maximum atomic E-state index is 13.8. The average Bonchev–Trinajstić information content (AvgIpc) is 3.38. The second kappa shape index (κ2) is 16.0. The molecule has 2 aliphatic rings. The first kappa shape index (κ1) is 35.8. The molecule has 2 aliphatic heterocycles. The number of amides is 1. The SMILES string of the molecule is Cc1c(C(=O)NC/C=C/c2cc(OC3CCNCC3)c3nc(Nc4ccc(N5CCOCC5)cc4)ncc3c2)c(=O)n(Cc2ccc(F)c(F)c2)n1C. The fourth-order valence-electron chi connectivity index (χ4n) is 6.63. The number of carbonyl (C=O) groups is 1. The van der Waals surface area contributed by atoms with Crippen molar-refractivity contribution in [3.8, 4) is 5.75 Å². The summed E-state index contributed by atoms with van der Waals surface area (Å²) in [7, 11) is 1.64. The normalized spacial score (nSPS) is 15.3. The number of nitrogens with zero attached hydrogens (tertiary/aromatic N) is 5. The standard InChI is InChI=1S/C39H42F2N8O4/c1-25-35(38(51)49(47(25)2)24-27-5-10-32(40)33(41)21-27)37(50)43-13-3-4-26-20-28-23-44-39(46-36(28)34(22-26)53-31-11-14-42-15-12-31)45-29-6-8-30(9-7-29)48-16-18-52-19-17-48/h3-10,20-23,31,42H,11-19,24H2,1-2H3,(H,43,50)(H,44,45,46)/b4-3+. The first-order valence-electron chi connectivity index (χ1n) is 17.8. The van der Waals surface area contributed by atoms with Crippen molar-refractivity contribution < 1.29 is 23.0 Å². The van der Waals surface area contributed by atoms with Gasteiger partial charge in [-0.15, -0.1) is 0 Å². The number of nitrogens with one attached hydrogen (secondary N) is 3. The number of hydrogen-bond donors (Lipinski definition) is 3. The van der Waals surface area contributed by atoms with Gasteiger partial charge >= 0.3 is 0 Å². The second-order valence-corrected chi connectivity index (χ2v) is 13.2. The van der Waals surface area contributed by atoms with Crippen LogP contribution in [0, 0.1) is 18.6 Å². The Bertz CT molecular complexity index is 2190. The van der Waals surface area contributed by atoms with Gasteiger partial charge in [0.2, 0.25) is 5.95 Å². The lowest BCUT2D eigenvalue weighted by Crippen LogP contribution is -2.36. The van der Waals surface area contributed by atoms with E-state index in [-0.39, 0.29) is 24.8 Å². The van der Waals surface area contributed by atoms with Crippen LogP contribution >= 0.6 is 0 Å². The molecule has 3 aromatic carbocycles. The molecule has 0 aliphatic carbocycles. The molecular formula is C39H42F2N8O4. The number of halogens is 2. The van der Waals surface area contributed by atoms with Gasteiger partial charge in [-0.1, -0.05) is 18.2 Å². The fourth-order valence-corrected chi connectivity index (χ4v) is 6.63. The van der Waals surface area contributed by atoms with Crippen molar-refractivity contribution in [2.45, 2.75) is 32.4 Å². The quantitative estimate of drug-likeness (QED) is 0.174. The number of ether oxygens (including phenoxy) is 2. The van der Waals surface area contributed by atoms with E-state index in [0.717, 1.165) is 86.7 Å². The molecule has 0 atom stereocenters. The summed E-state index contributed by atoms with van der Waals surface area (Å²) in [5, 5.41) is 10.3. The van der Waals surface area contributed by atoms with E-state index in [1.54, 1.807) is 30.9 Å². The Morgan fingerprint density at radius 3 is 2.58 bits per heavy atom. The van der Waals surface area contributed by atoms with E-state index in [4.69, 9.17) is 14.5 Å². The fraction of sp³-hybridized carbons (Fsp3) is 0.333. The van der Waals surface area contributed by atoms with Gasteiger partial charge in [-0.2, -0.15) is 0 Å². The van der Waals surface area contributed by atoms with Crippen molar-refractivity contribution in [1.82, 2.24) is 30.0 Å². The van der Waals surface area contributed by atoms with Gasteiger partial charge in [-0.25, -0.2) is 23.4 Å². The molecule has 3 N–H and O–H groups in total. The summed E-state index contributed by atoms with van der Waals surface area (Å²) < 4.78 is 42.1. The molecular weight excluding hydrogens is 682 g/mol. The molecule has 14 heteroatoms. The van der Waals surface area contributed by atoms with Crippen molar-refractivity contribution in [2.75, 3.05) is 56.2 Å². The second-order valence-electron chi connectivity index (χ2n) is 13.2. The summed E-state index contributed by atoms with van der Waals surface area (Å²) in [6, 6.07) is 15.6. The Hall–Kier alpha value is -5.60. The lowest BCUT2D eigenvalue weighted by atomic mass is 10.1. The van der Waals surface area contributed by atoms with Gasteiger partial charge in [0.15, 0.2) is 11.6 Å². The molecule has 1 amide bonds. The van der Waals surface area contributed by atoms with Gasteiger partial charge in [-0.3, -0.25) is 14.3 Å². The lowest BCUT2D eigenvalue weighted by Gasteiger charge is -2.28. The number of benzene rings is 3. The third-order valence-corrected chi connectivity index (χ3v) is 9.64. The number of hydrogen-bond acceptors (Lipinski definition) is 9. The van der Waals surface area contributed by atoms with Crippen molar-refractivity contribution >= 4 is 40.2 Å². The molecule has 0 saturated carbocycles. The van der Waals surface area contributed by atoms with Crippen LogP contribution in [0.4, 0.5) is 26.1 Å². The molecule has 0 unspecified atom stereocenters. The highest BCUT2D eigenvalue weighted by atomic mass is 19.2. The van der Waals surface area contributed by atoms with Gasteiger partial charge in [0.1, 0.15) is 22.9 Å². The van der Waals surface area contributed by atoms with Crippen LogP contribution in [0.5, 0.6) is 5.75 Å². The average molecular weight is 725 g/mol. The van der Waals surface area contributed by atoms with E-state index in [1.165, 1.54) is 10.7 Å². The first-order valence-corrected chi connectivity index (χ1v) is 17.8. The monoisotopic (exact) mass is 724 g/mol. The third kappa shape index (κ3) is 8.23. The molecule has 2 fully saturated rings. The highest BCUT2D eigenvalue weighted by Gasteiger charge is 2.22. The molecule has 0 spiro atoms. The number of rotatable bonds is 11. The van der Waals surface area contributed by atoms with E-state index >= 15 is 0 Å². The van der Waals surface area contributed by atoms with Gasteiger partial charge in [0.25, 0.3) is 11.5 Å². The van der Waals surface area contributed by atoms with Gasteiger partial charge < -0.3 is 30.3 Å². The summed E-state index contributed by atoms with van der Waals surface area (Å²) in [6.07, 6.45) is 7.22. The summed E-state index contributed by atoms with van der Waals surface area (Å²) >= 11 is 0. The molecule has 53 heavy (non-hydrogen) atoms. The highest BCUT2D eigenvalue weighted by molar-refractivity contribution is 5.95. The van der Waals surface area contributed by atoms with Crippen LogP contribution in [-0.2, 0) is 18.3 Å². The Morgan fingerprint density at radius 1 is 1.06 bits per heavy atom. The van der Waals surface area contributed by atoms with Crippen molar-refractivity contribution in [2.24, 2.45) is 7.05 Å². The van der Waals surface area contributed by atoms with Crippen molar-refractivity contribution in [3.05, 3.63) is 111 Å². The number of morpholine rings is 1. The number of piperidine rings is 1. The zero-order valence-corrected chi connectivity index (χ0v) is 29.7. The minimum Gasteiger partial charge on any atom is -0.488 e. The van der Waals surface area contributed by atoms with E-state index in [2.05, 4.69) is 38.0 Å². The smallest absolute Gasteiger partial charge is 0.280 e. The Kier molecular flexibility index (Phi) is 10.8. The number of aromatic nitrogens is 4. The summed E-state index contributed by atoms with van der Waals surface area (Å²) in [5.74, 6) is -1.40. The largest absolute Gasteiger partial charge is 0.488 e. The summed E-state index contributed by atoms with van der Waals surface area (Å²) in [5.41, 5.74) is 3.85. The topological polar surface area (TPSA) is 128 Å². The Morgan fingerprint density at radius 2 is 1.83 bits per heavy atom. The molecule has 5 aromatic rings. The molecule has 2 saturated heterocycles. The van der Waals surface area contributed by atoms with Crippen LogP contribution < -0.4 is 31.1 Å². The zero-order chi connectivity index (χ0) is 36.9.